The Balaban J connectivity index is 2.06. The zero-order valence-corrected chi connectivity index (χ0v) is 12.6. The molecule has 1 fully saturated rings. The number of nitrogens with zero attached hydrogens (tertiary/aromatic N) is 1. The monoisotopic (exact) mass is 357 g/mol. The van der Waals surface area contributed by atoms with Gasteiger partial charge >= 0.3 is 0 Å². The number of benzene rings is 1. The third-order valence-corrected chi connectivity index (χ3v) is 4.24. The summed E-state index contributed by atoms with van der Waals surface area (Å²) in [6.07, 6.45) is 1.46. The molecule has 0 N–H and O–H groups in total. The fraction of sp³-hybridized carbons (Fsp3) is 0.267. The molecule has 1 aromatic heterocycles. The van der Waals surface area contributed by atoms with Crippen LogP contribution in [0.25, 0.3) is 0 Å². The minimum Gasteiger partial charge on any atom is -0.360 e. The Bertz CT molecular complexity index is 684. The van der Waals surface area contributed by atoms with Crippen LogP contribution in [-0.4, -0.2) is 11.6 Å². The third kappa shape index (κ3) is 2.26. The van der Waals surface area contributed by atoms with Crippen LogP contribution in [0.2, 0.25) is 0 Å². The van der Waals surface area contributed by atoms with Crippen molar-refractivity contribution in [2.75, 3.05) is 6.61 Å². The Labute approximate surface area is 128 Å². The molecule has 1 aromatic carbocycles. The van der Waals surface area contributed by atoms with Crippen LogP contribution in [0.1, 0.15) is 18.2 Å². The fourth-order valence-corrected chi connectivity index (χ4v) is 2.66. The highest BCUT2D eigenvalue weighted by Crippen LogP contribution is 2.55. The molecule has 6 heteroatoms. The average Bonchev–Trinajstić information content (AvgIpc) is 3.21. The van der Waals surface area contributed by atoms with Crippen molar-refractivity contribution in [3.63, 3.8) is 0 Å². The van der Waals surface area contributed by atoms with Gasteiger partial charge in [0.2, 0.25) is 0 Å². The number of alkyl halides is 1. The van der Waals surface area contributed by atoms with Gasteiger partial charge in [-0.2, -0.15) is 0 Å². The van der Waals surface area contributed by atoms with E-state index in [9.17, 15) is 8.78 Å². The second-order valence-corrected chi connectivity index (χ2v) is 6.02. The van der Waals surface area contributed by atoms with Crippen LogP contribution in [-0.2, 0) is 16.0 Å². The van der Waals surface area contributed by atoms with Gasteiger partial charge in [0.05, 0.1) is 12.3 Å². The highest BCUT2D eigenvalue weighted by molar-refractivity contribution is 9.10. The molecule has 0 bridgehead atoms. The van der Waals surface area contributed by atoms with E-state index in [4.69, 9.17) is 4.74 Å². The highest BCUT2D eigenvalue weighted by Gasteiger charge is 2.64. The number of epoxide rings is 1. The molecule has 2 nitrogen and oxygen atoms in total. The smallest absolute Gasteiger partial charge is 0.185 e. The number of aromatic nitrogens is 1. The van der Waals surface area contributed by atoms with E-state index in [2.05, 4.69) is 20.9 Å². The van der Waals surface area contributed by atoms with Gasteiger partial charge in [-0.3, -0.25) is 4.98 Å². The lowest BCUT2D eigenvalue weighted by molar-refractivity contribution is 0.0524. The molecule has 0 radical (unpaired) electrons. The Kier molecular flexibility index (Phi) is 3.33. The van der Waals surface area contributed by atoms with Crippen molar-refractivity contribution < 1.29 is 17.9 Å². The van der Waals surface area contributed by atoms with Gasteiger partial charge in [0.25, 0.3) is 0 Å². The Morgan fingerprint density at radius 2 is 2.00 bits per heavy atom. The normalized spacial score (nSPS) is 23.7. The molecule has 1 aliphatic rings. The van der Waals surface area contributed by atoms with Gasteiger partial charge in [-0.1, -0.05) is 6.07 Å². The van der Waals surface area contributed by atoms with Crippen molar-refractivity contribution >= 4 is 15.9 Å². The summed E-state index contributed by atoms with van der Waals surface area (Å²) in [6.45, 7) is 1.30. The standard InChI is InChI=1S/C15H11BrF3NO/c1-14(19,13-5-2-9(16)7-20-13)15(8-21-15)11-4-3-10(17)6-12(11)18/h2-7H,8H2,1H3. The van der Waals surface area contributed by atoms with Gasteiger partial charge in [-0.15, -0.1) is 0 Å². The molecular weight excluding hydrogens is 347 g/mol. The number of pyridine rings is 1. The molecule has 2 unspecified atom stereocenters. The molecule has 2 heterocycles. The van der Waals surface area contributed by atoms with E-state index in [0.717, 1.165) is 12.1 Å². The molecule has 0 saturated carbocycles. The summed E-state index contributed by atoms with van der Waals surface area (Å²) in [5.41, 5.74) is -3.37. The first-order valence-electron chi connectivity index (χ1n) is 6.27. The minimum absolute atomic E-state index is 0.00128. The summed E-state index contributed by atoms with van der Waals surface area (Å²) in [4.78, 5) is 4.03. The van der Waals surface area contributed by atoms with Crippen LogP contribution >= 0.6 is 15.9 Å². The molecule has 1 saturated heterocycles. The summed E-state index contributed by atoms with van der Waals surface area (Å²) >= 11 is 3.22. The summed E-state index contributed by atoms with van der Waals surface area (Å²) in [5.74, 6) is -1.54. The molecule has 0 aliphatic carbocycles. The van der Waals surface area contributed by atoms with Crippen molar-refractivity contribution in [3.05, 3.63) is 63.9 Å². The second-order valence-electron chi connectivity index (χ2n) is 5.10. The van der Waals surface area contributed by atoms with E-state index in [0.29, 0.717) is 4.47 Å². The van der Waals surface area contributed by atoms with Gasteiger partial charge in [0.15, 0.2) is 11.3 Å². The fourth-order valence-electron chi connectivity index (χ4n) is 2.43. The van der Waals surface area contributed by atoms with Crippen molar-refractivity contribution in [2.45, 2.75) is 18.2 Å². The summed E-state index contributed by atoms with van der Waals surface area (Å²) in [7, 11) is 0. The quantitative estimate of drug-likeness (QED) is 0.768. The maximum atomic E-state index is 15.3. The average molecular weight is 358 g/mol. The molecule has 110 valence electrons. The van der Waals surface area contributed by atoms with E-state index >= 15 is 4.39 Å². The van der Waals surface area contributed by atoms with Crippen LogP contribution in [0.15, 0.2) is 41.0 Å². The van der Waals surface area contributed by atoms with E-state index in [1.165, 1.54) is 25.3 Å². The largest absolute Gasteiger partial charge is 0.360 e. The van der Waals surface area contributed by atoms with Gasteiger partial charge in [0, 0.05) is 22.3 Å². The first kappa shape index (κ1) is 14.5. The molecule has 0 amide bonds. The molecule has 2 atom stereocenters. The minimum atomic E-state index is -2.04. The van der Waals surface area contributed by atoms with Gasteiger partial charge < -0.3 is 4.74 Å². The molecule has 2 aromatic rings. The van der Waals surface area contributed by atoms with E-state index in [1.54, 1.807) is 6.07 Å². The van der Waals surface area contributed by atoms with Crippen molar-refractivity contribution in [1.82, 2.24) is 4.98 Å². The van der Waals surface area contributed by atoms with Crippen LogP contribution in [0.3, 0.4) is 0 Å². The summed E-state index contributed by atoms with van der Waals surface area (Å²) in [6, 6.07) is 6.19. The molecule has 21 heavy (non-hydrogen) atoms. The van der Waals surface area contributed by atoms with Gasteiger partial charge in [0.1, 0.15) is 11.6 Å². The molecule has 1 aliphatic heterocycles. The number of hydrogen-bond acceptors (Lipinski definition) is 2. The maximum absolute atomic E-state index is 15.3. The third-order valence-electron chi connectivity index (χ3n) is 3.77. The van der Waals surface area contributed by atoms with Crippen molar-refractivity contribution in [2.24, 2.45) is 0 Å². The number of ether oxygens (including phenoxy) is 1. The van der Waals surface area contributed by atoms with E-state index in [-0.39, 0.29) is 17.9 Å². The van der Waals surface area contributed by atoms with E-state index < -0.39 is 22.9 Å². The number of rotatable bonds is 3. The van der Waals surface area contributed by atoms with Gasteiger partial charge in [-0.25, -0.2) is 13.2 Å². The van der Waals surface area contributed by atoms with Crippen molar-refractivity contribution in [1.29, 1.82) is 0 Å². The van der Waals surface area contributed by atoms with E-state index in [1.807, 2.05) is 0 Å². The van der Waals surface area contributed by atoms with Crippen LogP contribution in [0, 0.1) is 11.6 Å². The summed E-state index contributed by atoms with van der Waals surface area (Å²) < 4.78 is 48.3. The number of hydrogen-bond donors (Lipinski definition) is 0. The topological polar surface area (TPSA) is 25.4 Å². The lowest BCUT2D eigenvalue weighted by Gasteiger charge is -2.28. The summed E-state index contributed by atoms with van der Waals surface area (Å²) in [5, 5.41) is 0. The second kappa shape index (κ2) is 4.81. The van der Waals surface area contributed by atoms with Gasteiger partial charge in [-0.05, 0) is 41.1 Å². The van der Waals surface area contributed by atoms with Crippen LogP contribution in [0.5, 0.6) is 0 Å². The first-order chi connectivity index (χ1) is 9.87. The maximum Gasteiger partial charge on any atom is 0.185 e. The predicted molar refractivity (Wildman–Crippen MR) is 74.4 cm³/mol. The van der Waals surface area contributed by atoms with Crippen LogP contribution < -0.4 is 0 Å². The lowest BCUT2D eigenvalue weighted by atomic mass is 9.82. The predicted octanol–water partition coefficient (Wildman–Crippen LogP) is 4.23. The van der Waals surface area contributed by atoms with Crippen LogP contribution in [0.4, 0.5) is 13.2 Å². The molecular formula is C15H11BrF3NO. The first-order valence-corrected chi connectivity index (χ1v) is 7.06. The Hall–Kier alpha value is -1.40. The SMILES string of the molecule is CC(F)(c1ccc(Br)cn1)C1(c2ccc(F)cc2F)CO1. The zero-order chi connectivity index (χ0) is 15.3. The van der Waals surface area contributed by atoms with Crippen molar-refractivity contribution in [3.8, 4) is 0 Å². The zero-order valence-electron chi connectivity index (χ0n) is 11.0. The number of halogens is 4. The molecule has 0 spiro atoms. The molecule has 3 rings (SSSR count). The highest BCUT2D eigenvalue weighted by atomic mass is 79.9. The Morgan fingerprint density at radius 1 is 1.29 bits per heavy atom. The lowest BCUT2D eigenvalue weighted by Crippen LogP contribution is -2.35. The Morgan fingerprint density at radius 3 is 2.52 bits per heavy atom.